The molecule has 1 saturated carbocycles. The van der Waals surface area contributed by atoms with Crippen molar-refractivity contribution in [3.63, 3.8) is 0 Å². The Labute approximate surface area is 106 Å². The number of alkyl halides is 3. The number of carbonyl (C=O) groups is 1. The van der Waals surface area contributed by atoms with E-state index in [1.54, 1.807) is 0 Å². The average Bonchev–Trinajstić information content (AvgIpc) is 2.24. The van der Waals surface area contributed by atoms with Crippen LogP contribution in [0.5, 0.6) is 0 Å². The second-order valence-electron chi connectivity index (χ2n) is 2.47. The minimum Gasteiger partial charge on any atom is -0.483 e. The number of hydrogen-bond donors (Lipinski definition) is 2. The Morgan fingerprint density at radius 2 is 1.00 bits per heavy atom. The normalized spacial score (nSPS) is 13.2. The molecular weight excluding hydrogens is 262 g/mol. The predicted octanol–water partition coefficient (Wildman–Crippen LogP) is 3.64. The maximum atomic E-state index is 8.36. The van der Waals surface area contributed by atoms with Gasteiger partial charge in [-0.05, 0) is 0 Å². The van der Waals surface area contributed by atoms with Crippen LogP contribution in [-0.4, -0.2) is 28.1 Å². The Morgan fingerprint density at radius 3 is 1.07 bits per heavy atom. The van der Waals surface area contributed by atoms with Crippen LogP contribution in [0.25, 0.3) is 0 Å². The van der Waals surface area contributed by atoms with Gasteiger partial charge < -0.3 is 10.2 Å². The van der Waals surface area contributed by atoms with Crippen LogP contribution in [0.15, 0.2) is 0 Å². The van der Waals surface area contributed by atoms with Gasteiger partial charge in [0.15, 0.2) is 4.30 Å². The molecule has 1 rings (SSSR count). The van der Waals surface area contributed by atoms with Crippen molar-refractivity contribution in [3.8, 4) is 0 Å². The lowest BCUT2D eigenvalue weighted by Crippen LogP contribution is -1.85. The lowest BCUT2D eigenvalue weighted by Gasteiger charge is -2.05. The SMILES string of the molecule is C1CCCCC1.CO.ClC(Cl)Cl.O=CO. The molecule has 0 spiro atoms. The Hall–Kier alpha value is 0.300. The zero-order valence-corrected chi connectivity index (χ0v) is 11.1. The number of carboxylic acid groups (broad SMARTS) is 1. The van der Waals surface area contributed by atoms with Crippen LogP contribution >= 0.6 is 34.8 Å². The molecule has 1 aliphatic carbocycles. The van der Waals surface area contributed by atoms with Gasteiger partial charge in [-0.15, -0.1) is 0 Å². The van der Waals surface area contributed by atoms with Crippen molar-refractivity contribution in [2.45, 2.75) is 42.8 Å². The highest BCUT2D eigenvalue weighted by Crippen LogP contribution is 2.15. The molecule has 3 nitrogen and oxygen atoms in total. The first-order chi connectivity index (χ1) is 7.15. The molecule has 0 aromatic carbocycles. The van der Waals surface area contributed by atoms with Crippen LogP contribution in [-0.2, 0) is 4.79 Å². The van der Waals surface area contributed by atoms with Gasteiger partial charge in [0.05, 0.1) is 0 Å². The van der Waals surface area contributed by atoms with Gasteiger partial charge in [-0.2, -0.15) is 0 Å². The zero-order valence-electron chi connectivity index (χ0n) is 8.83. The molecule has 0 amide bonds. The number of halogens is 3. The number of rotatable bonds is 0. The van der Waals surface area contributed by atoms with Crippen LogP contribution in [0, 0.1) is 0 Å². The van der Waals surface area contributed by atoms with E-state index >= 15 is 0 Å². The molecule has 0 aliphatic heterocycles. The maximum absolute atomic E-state index is 8.36. The van der Waals surface area contributed by atoms with Crippen molar-refractivity contribution in [1.29, 1.82) is 0 Å². The topological polar surface area (TPSA) is 57.5 Å². The van der Waals surface area contributed by atoms with Crippen LogP contribution in [0.4, 0.5) is 0 Å². The smallest absolute Gasteiger partial charge is 0.290 e. The average molecular weight is 282 g/mol. The van der Waals surface area contributed by atoms with Crippen molar-refractivity contribution < 1.29 is 15.0 Å². The van der Waals surface area contributed by atoms with E-state index in [2.05, 4.69) is 0 Å². The van der Waals surface area contributed by atoms with Gasteiger partial charge in [0.1, 0.15) is 0 Å². The van der Waals surface area contributed by atoms with E-state index in [0.717, 1.165) is 7.11 Å². The van der Waals surface area contributed by atoms with Gasteiger partial charge in [0.2, 0.25) is 0 Å². The third-order valence-corrected chi connectivity index (χ3v) is 1.50. The summed E-state index contributed by atoms with van der Waals surface area (Å²) >= 11 is 14.4. The molecule has 0 unspecified atom stereocenters. The third kappa shape index (κ3) is 54.5. The monoisotopic (exact) mass is 280 g/mol. The molecule has 94 valence electrons. The van der Waals surface area contributed by atoms with Crippen LogP contribution in [0.3, 0.4) is 0 Å². The molecule has 1 fully saturated rings. The molecule has 1 aliphatic rings. The van der Waals surface area contributed by atoms with Gasteiger partial charge in [0, 0.05) is 7.11 Å². The summed E-state index contributed by atoms with van der Waals surface area (Å²) in [7, 11) is 1.00. The Morgan fingerprint density at radius 1 is 0.933 bits per heavy atom. The lowest BCUT2D eigenvalue weighted by molar-refractivity contribution is -0.122. The number of aliphatic hydroxyl groups is 1. The fourth-order valence-corrected chi connectivity index (χ4v) is 1.06. The standard InChI is InChI=1S/C6H12.CHCl3.CH2O2.CH4O/c1-2-4-6-5-3-1;2-1(3)4;2-1-3;1-2/h1-6H2;1H;1H,(H,2,3);2H,1H3. The van der Waals surface area contributed by atoms with Crippen molar-refractivity contribution >= 4 is 41.3 Å². The van der Waals surface area contributed by atoms with E-state index < -0.39 is 4.30 Å². The first-order valence-electron chi connectivity index (χ1n) is 4.60. The van der Waals surface area contributed by atoms with Crippen LogP contribution in [0.1, 0.15) is 38.5 Å². The first-order valence-corrected chi connectivity index (χ1v) is 5.91. The highest BCUT2D eigenvalue weighted by atomic mass is 35.6. The number of aliphatic hydroxyl groups excluding tert-OH is 1. The Bertz CT molecular complexity index is 84.3. The summed E-state index contributed by atoms with van der Waals surface area (Å²) in [5.74, 6) is 0. The zero-order chi connectivity index (χ0) is 12.5. The maximum Gasteiger partial charge on any atom is 0.290 e. The van der Waals surface area contributed by atoms with E-state index in [9.17, 15) is 0 Å². The predicted molar refractivity (Wildman–Crippen MR) is 65.9 cm³/mol. The summed E-state index contributed by atoms with van der Waals surface area (Å²) in [6, 6.07) is 0. The molecule has 0 aromatic rings. The lowest BCUT2D eigenvalue weighted by atomic mass is 10.0. The number of hydrogen-bond acceptors (Lipinski definition) is 2. The van der Waals surface area contributed by atoms with Crippen molar-refractivity contribution in [2.75, 3.05) is 7.11 Å². The van der Waals surface area contributed by atoms with E-state index in [4.69, 9.17) is 49.8 Å². The molecule has 0 saturated heterocycles. The highest BCUT2D eigenvalue weighted by Gasteiger charge is 1.95. The molecule has 2 N–H and O–H groups in total. The molecule has 0 aromatic heterocycles. The van der Waals surface area contributed by atoms with E-state index in [-0.39, 0.29) is 6.47 Å². The van der Waals surface area contributed by atoms with Gasteiger partial charge in [-0.3, -0.25) is 4.79 Å². The summed E-state index contributed by atoms with van der Waals surface area (Å²) in [5.41, 5.74) is 0. The fraction of sp³-hybridized carbons (Fsp3) is 0.889. The second kappa shape index (κ2) is 23.8. The molecule has 0 bridgehead atoms. The second-order valence-corrected chi connectivity index (χ2v) is 4.45. The Balaban J connectivity index is -0.000000142. The van der Waals surface area contributed by atoms with Gasteiger partial charge in [-0.1, -0.05) is 73.3 Å². The highest BCUT2D eigenvalue weighted by molar-refractivity contribution is 6.63. The van der Waals surface area contributed by atoms with Gasteiger partial charge >= 0.3 is 0 Å². The Kier molecular flexibility index (Phi) is 32.9. The minimum absolute atomic E-state index is 0.250. The molecule has 15 heavy (non-hydrogen) atoms. The molecular formula is C9H19Cl3O3. The van der Waals surface area contributed by atoms with Gasteiger partial charge in [0.25, 0.3) is 6.47 Å². The third-order valence-electron chi connectivity index (χ3n) is 1.50. The van der Waals surface area contributed by atoms with E-state index in [0.29, 0.717) is 0 Å². The summed E-state index contributed by atoms with van der Waals surface area (Å²) in [6.45, 7) is -0.250. The van der Waals surface area contributed by atoms with Crippen LogP contribution < -0.4 is 0 Å². The fourth-order valence-electron chi connectivity index (χ4n) is 1.06. The van der Waals surface area contributed by atoms with Crippen molar-refractivity contribution in [2.24, 2.45) is 0 Å². The minimum atomic E-state index is -0.750. The molecule has 0 radical (unpaired) electrons. The van der Waals surface area contributed by atoms with Crippen molar-refractivity contribution in [3.05, 3.63) is 0 Å². The molecule has 0 heterocycles. The van der Waals surface area contributed by atoms with E-state index in [1.165, 1.54) is 38.5 Å². The van der Waals surface area contributed by atoms with Gasteiger partial charge in [-0.25, -0.2) is 0 Å². The molecule has 6 heteroatoms. The first kappa shape index (κ1) is 20.7. The summed E-state index contributed by atoms with van der Waals surface area (Å²) in [5, 5.41) is 13.9. The molecule has 0 atom stereocenters. The summed E-state index contributed by atoms with van der Waals surface area (Å²) in [6.07, 6.45) is 9.00. The van der Waals surface area contributed by atoms with Crippen LogP contribution in [0.2, 0.25) is 0 Å². The van der Waals surface area contributed by atoms with Crippen molar-refractivity contribution in [1.82, 2.24) is 0 Å². The summed E-state index contributed by atoms with van der Waals surface area (Å²) in [4.78, 5) is 8.36. The quantitative estimate of drug-likeness (QED) is 0.526. The summed E-state index contributed by atoms with van der Waals surface area (Å²) < 4.78 is -0.750. The van der Waals surface area contributed by atoms with E-state index in [1.807, 2.05) is 0 Å². The largest absolute Gasteiger partial charge is 0.483 e.